The molecule has 5 heteroatoms. The van der Waals surface area contributed by atoms with E-state index in [1.54, 1.807) is 31.4 Å². The maximum absolute atomic E-state index is 12.5. The van der Waals surface area contributed by atoms with Crippen molar-refractivity contribution in [3.63, 3.8) is 0 Å². The van der Waals surface area contributed by atoms with Crippen LogP contribution in [0.2, 0.25) is 5.02 Å². The van der Waals surface area contributed by atoms with Crippen LogP contribution in [-0.2, 0) is 4.79 Å². The highest BCUT2D eigenvalue weighted by molar-refractivity contribution is 6.31. The monoisotopic (exact) mass is 333 g/mol. The Labute approximate surface area is 141 Å². The molecule has 2 aromatic rings. The molecule has 2 aromatic carbocycles. The van der Waals surface area contributed by atoms with Crippen molar-refractivity contribution in [1.29, 1.82) is 0 Å². The van der Waals surface area contributed by atoms with Crippen molar-refractivity contribution in [3.8, 4) is 11.5 Å². The van der Waals surface area contributed by atoms with Crippen LogP contribution in [0.25, 0.3) is 0 Å². The Kier molecular flexibility index (Phi) is 5.88. The zero-order valence-corrected chi connectivity index (χ0v) is 14.2. The molecule has 1 amide bonds. The first-order chi connectivity index (χ1) is 11.1. The third kappa shape index (κ3) is 4.17. The number of methoxy groups -OCH3 is 1. The van der Waals surface area contributed by atoms with Crippen molar-refractivity contribution >= 4 is 23.2 Å². The first-order valence-electron chi connectivity index (χ1n) is 7.42. The topological polar surface area (TPSA) is 47.6 Å². The van der Waals surface area contributed by atoms with E-state index in [-0.39, 0.29) is 5.91 Å². The van der Waals surface area contributed by atoms with Crippen molar-refractivity contribution in [2.24, 2.45) is 0 Å². The van der Waals surface area contributed by atoms with E-state index in [0.29, 0.717) is 28.6 Å². The minimum absolute atomic E-state index is 0.219. The van der Waals surface area contributed by atoms with Gasteiger partial charge in [0.05, 0.1) is 7.11 Å². The van der Waals surface area contributed by atoms with Gasteiger partial charge in [-0.2, -0.15) is 0 Å². The average Bonchev–Trinajstić information content (AvgIpc) is 2.57. The van der Waals surface area contributed by atoms with Gasteiger partial charge in [-0.3, -0.25) is 4.79 Å². The minimum Gasteiger partial charge on any atom is -0.493 e. The third-order valence-corrected chi connectivity index (χ3v) is 3.94. The zero-order valence-electron chi connectivity index (χ0n) is 13.4. The van der Waals surface area contributed by atoms with E-state index in [4.69, 9.17) is 21.1 Å². The largest absolute Gasteiger partial charge is 0.493 e. The Morgan fingerprint density at radius 1 is 1.17 bits per heavy atom. The van der Waals surface area contributed by atoms with Gasteiger partial charge in [0.2, 0.25) is 0 Å². The van der Waals surface area contributed by atoms with Crippen LogP contribution < -0.4 is 14.8 Å². The first kappa shape index (κ1) is 17.2. The lowest BCUT2D eigenvalue weighted by atomic mass is 10.2. The Morgan fingerprint density at radius 2 is 1.87 bits per heavy atom. The molecule has 1 N–H and O–H groups in total. The van der Waals surface area contributed by atoms with E-state index >= 15 is 0 Å². The molecule has 0 radical (unpaired) electrons. The Balaban J connectivity index is 2.14. The summed E-state index contributed by atoms with van der Waals surface area (Å²) in [6, 6.07) is 12.7. The summed E-state index contributed by atoms with van der Waals surface area (Å²) in [5.41, 5.74) is 1.51. The lowest BCUT2D eigenvalue weighted by Gasteiger charge is -2.19. The molecule has 4 nitrogen and oxygen atoms in total. The highest BCUT2D eigenvalue weighted by Gasteiger charge is 2.20. The summed E-state index contributed by atoms with van der Waals surface area (Å²) in [6.07, 6.45) is -0.0894. The number of hydrogen-bond acceptors (Lipinski definition) is 3. The van der Waals surface area contributed by atoms with Gasteiger partial charge in [-0.25, -0.2) is 0 Å². The molecule has 0 saturated carbocycles. The molecule has 0 aromatic heterocycles. The third-order valence-electron chi connectivity index (χ3n) is 3.53. The van der Waals surface area contributed by atoms with Gasteiger partial charge in [-0.15, -0.1) is 0 Å². The number of hydrogen-bond donors (Lipinski definition) is 1. The van der Waals surface area contributed by atoms with Crippen LogP contribution in [0.4, 0.5) is 5.69 Å². The van der Waals surface area contributed by atoms with Gasteiger partial charge in [-0.1, -0.05) is 36.7 Å². The Morgan fingerprint density at radius 3 is 2.52 bits per heavy atom. The predicted octanol–water partition coefficient (Wildman–Crippen LogP) is 4.45. The van der Waals surface area contributed by atoms with Gasteiger partial charge in [0.15, 0.2) is 17.6 Å². The van der Waals surface area contributed by atoms with Gasteiger partial charge >= 0.3 is 0 Å². The number of carbonyl (C=O) groups is 1. The van der Waals surface area contributed by atoms with E-state index in [1.807, 2.05) is 32.0 Å². The summed E-state index contributed by atoms with van der Waals surface area (Å²) in [5.74, 6) is 0.918. The van der Waals surface area contributed by atoms with Crippen LogP contribution in [0.5, 0.6) is 11.5 Å². The molecule has 0 spiro atoms. The van der Waals surface area contributed by atoms with Crippen molar-refractivity contribution < 1.29 is 14.3 Å². The lowest BCUT2D eigenvalue weighted by Crippen LogP contribution is -2.32. The predicted molar refractivity (Wildman–Crippen MR) is 92.5 cm³/mol. The van der Waals surface area contributed by atoms with Crippen LogP contribution in [0.1, 0.15) is 18.9 Å². The minimum atomic E-state index is -0.621. The zero-order chi connectivity index (χ0) is 16.8. The van der Waals surface area contributed by atoms with Crippen molar-refractivity contribution in [2.75, 3.05) is 12.4 Å². The normalized spacial score (nSPS) is 11.7. The van der Waals surface area contributed by atoms with Crippen molar-refractivity contribution in [3.05, 3.63) is 53.1 Å². The fourth-order valence-electron chi connectivity index (χ4n) is 2.15. The van der Waals surface area contributed by atoms with E-state index in [0.717, 1.165) is 5.56 Å². The molecule has 2 rings (SSSR count). The number of halogens is 1. The number of benzene rings is 2. The number of amides is 1. The van der Waals surface area contributed by atoms with Gasteiger partial charge < -0.3 is 14.8 Å². The number of rotatable bonds is 6. The molecule has 0 unspecified atom stereocenters. The fourth-order valence-corrected chi connectivity index (χ4v) is 2.32. The van der Waals surface area contributed by atoms with Crippen LogP contribution in [0, 0.1) is 6.92 Å². The quantitative estimate of drug-likeness (QED) is 0.849. The number of para-hydroxylation sites is 2. The number of carbonyl (C=O) groups excluding carboxylic acids is 1. The second kappa shape index (κ2) is 7.88. The van der Waals surface area contributed by atoms with Gasteiger partial charge in [0, 0.05) is 10.7 Å². The Hall–Kier alpha value is -2.20. The van der Waals surface area contributed by atoms with Crippen LogP contribution in [0.3, 0.4) is 0 Å². The molecule has 0 aliphatic rings. The molecular formula is C18H20ClNO3. The first-order valence-corrected chi connectivity index (χ1v) is 7.80. The molecule has 1 atom stereocenters. The average molecular weight is 334 g/mol. The van der Waals surface area contributed by atoms with Crippen LogP contribution in [-0.4, -0.2) is 19.1 Å². The highest BCUT2D eigenvalue weighted by Crippen LogP contribution is 2.28. The summed E-state index contributed by atoms with van der Waals surface area (Å²) in [5, 5.41) is 3.48. The summed E-state index contributed by atoms with van der Waals surface area (Å²) in [6.45, 7) is 3.75. The van der Waals surface area contributed by atoms with Gasteiger partial charge in [0.1, 0.15) is 0 Å². The number of ether oxygens (including phenoxy) is 2. The maximum atomic E-state index is 12.5. The lowest BCUT2D eigenvalue weighted by molar-refractivity contribution is -0.122. The summed E-state index contributed by atoms with van der Waals surface area (Å²) < 4.78 is 11.1. The molecule has 0 aliphatic carbocycles. The van der Waals surface area contributed by atoms with Crippen LogP contribution >= 0.6 is 11.6 Å². The van der Waals surface area contributed by atoms with Crippen molar-refractivity contribution in [1.82, 2.24) is 0 Å². The molecular weight excluding hydrogens is 314 g/mol. The molecule has 0 heterocycles. The second-order valence-corrected chi connectivity index (χ2v) is 5.47. The highest BCUT2D eigenvalue weighted by atomic mass is 35.5. The van der Waals surface area contributed by atoms with Gasteiger partial charge in [0.25, 0.3) is 5.91 Å². The smallest absolute Gasteiger partial charge is 0.265 e. The number of anilines is 1. The van der Waals surface area contributed by atoms with Gasteiger partial charge in [-0.05, 0) is 43.2 Å². The number of nitrogens with one attached hydrogen (secondary N) is 1. The molecule has 0 bridgehead atoms. The maximum Gasteiger partial charge on any atom is 0.265 e. The standard InChI is InChI=1S/C18H20ClNO3/c1-4-15(23-17-11-6-5-10-16(17)22-3)18(21)20-14-9-7-8-13(19)12(14)2/h5-11,15H,4H2,1-3H3,(H,20,21)/t15-/m0/s1. The van der Waals surface area contributed by atoms with E-state index in [9.17, 15) is 4.79 Å². The fraction of sp³-hybridized carbons (Fsp3) is 0.278. The Bertz CT molecular complexity index is 688. The molecule has 122 valence electrons. The van der Waals surface area contributed by atoms with E-state index in [2.05, 4.69) is 5.32 Å². The summed E-state index contributed by atoms with van der Waals surface area (Å²) in [7, 11) is 1.57. The van der Waals surface area contributed by atoms with Crippen molar-refractivity contribution in [2.45, 2.75) is 26.4 Å². The molecule has 23 heavy (non-hydrogen) atoms. The van der Waals surface area contributed by atoms with E-state index in [1.165, 1.54) is 0 Å². The van der Waals surface area contributed by atoms with E-state index < -0.39 is 6.10 Å². The molecule has 0 fully saturated rings. The molecule has 0 aliphatic heterocycles. The summed E-state index contributed by atoms with van der Waals surface area (Å²) >= 11 is 6.08. The second-order valence-electron chi connectivity index (χ2n) is 5.07. The SMILES string of the molecule is CC[C@H](Oc1ccccc1OC)C(=O)Nc1cccc(Cl)c1C. The van der Waals surface area contributed by atoms with Crippen LogP contribution in [0.15, 0.2) is 42.5 Å². The summed E-state index contributed by atoms with van der Waals surface area (Å²) in [4.78, 5) is 12.5. The molecule has 0 saturated heterocycles.